The molecule has 0 radical (unpaired) electrons. The standard InChI is InChI=1S/C8H8FN/c1-3-4-5-8(9)7(2)6-10/h3-5H,1H2,2H3/b5-4-,8-7-. The highest BCUT2D eigenvalue weighted by atomic mass is 19.1. The van der Waals surface area contributed by atoms with Gasteiger partial charge in [0, 0.05) is 0 Å². The van der Waals surface area contributed by atoms with E-state index in [2.05, 4.69) is 6.58 Å². The van der Waals surface area contributed by atoms with Crippen molar-refractivity contribution in [1.29, 1.82) is 5.26 Å². The molecule has 0 amide bonds. The van der Waals surface area contributed by atoms with Crippen LogP contribution in [0.5, 0.6) is 0 Å². The van der Waals surface area contributed by atoms with Crippen molar-refractivity contribution in [3.8, 4) is 6.07 Å². The fourth-order valence-corrected chi connectivity index (χ4v) is 0.331. The molecular formula is C8H8FN. The third-order valence-electron chi connectivity index (χ3n) is 0.905. The third kappa shape index (κ3) is 2.83. The molecule has 0 aliphatic heterocycles. The molecule has 0 saturated heterocycles. The molecule has 52 valence electrons. The van der Waals surface area contributed by atoms with Gasteiger partial charge in [0.15, 0.2) is 0 Å². The molecule has 0 aliphatic carbocycles. The normalized spacial score (nSPS) is 12.5. The smallest absolute Gasteiger partial charge is 0.136 e. The van der Waals surface area contributed by atoms with E-state index in [1.165, 1.54) is 25.2 Å². The monoisotopic (exact) mass is 137 g/mol. The maximum Gasteiger partial charge on any atom is 0.136 e. The maximum atomic E-state index is 12.5. The van der Waals surface area contributed by atoms with Crippen LogP contribution in [-0.4, -0.2) is 0 Å². The van der Waals surface area contributed by atoms with Crippen LogP contribution in [0.15, 0.2) is 36.2 Å². The Balaban J connectivity index is 4.36. The van der Waals surface area contributed by atoms with Gasteiger partial charge in [-0.1, -0.05) is 18.7 Å². The molecule has 0 heterocycles. The molecule has 0 aromatic rings. The van der Waals surface area contributed by atoms with Crippen LogP contribution in [0.3, 0.4) is 0 Å². The fourth-order valence-electron chi connectivity index (χ4n) is 0.331. The summed E-state index contributed by atoms with van der Waals surface area (Å²) in [7, 11) is 0. The third-order valence-corrected chi connectivity index (χ3v) is 0.905. The van der Waals surface area contributed by atoms with Crippen molar-refractivity contribution in [2.75, 3.05) is 0 Å². The number of nitriles is 1. The predicted octanol–water partition coefficient (Wildman–Crippen LogP) is 2.50. The molecule has 0 aliphatic rings. The Labute approximate surface area is 59.8 Å². The molecule has 0 aromatic heterocycles. The van der Waals surface area contributed by atoms with Crippen LogP contribution in [0.1, 0.15) is 6.92 Å². The lowest BCUT2D eigenvalue weighted by atomic mass is 10.3. The maximum absolute atomic E-state index is 12.5. The summed E-state index contributed by atoms with van der Waals surface area (Å²) in [6.07, 6.45) is 4.09. The number of halogens is 1. The summed E-state index contributed by atoms with van der Waals surface area (Å²) < 4.78 is 12.5. The van der Waals surface area contributed by atoms with Gasteiger partial charge in [-0.05, 0) is 13.0 Å². The molecule has 0 saturated carbocycles. The molecule has 2 heteroatoms. The average Bonchev–Trinajstić information content (AvgIpc) is 1.98. The molecule has 0 spiro atoms. The van der Waals surface area contributed by atoms with Crippen molar-refractivity contribution in [3.05, 3.63) is 36.2 Å². The summed E-state index contributed by atoms with van der Waals surface area (Å²) in [5, 5.41) is 8.20. The van der Waals surface area contributed by atoms with Gasteiger partial charge in [-0.3, -0.25) is 0 Å². The van der Waals surface area contributed by atoms with Crippen LogP contribution in [0.2, 0.25) is 0 Å². The molecule has 0 rings (SSSR count). The number of hydrogen-bond acceptors (Lipinski definition) is 1. The second kappa shape index (κ2) is 4.51. The zero-order valence-corrected chi connectivity index (χ0v) is 5.76. The van der Waals surface area contributed by atoms with Crippen molar-refractivity contribution >= 4 is 0 Å². The van der Waals surface area contributed by atoms with E-state index in [1.807, 2.05) is 0 Å². The van der Waals surface area contributed by atoms with E-state index in [-0.39, 0.29) is 5.57 Å². The van der Waals surface area contributed by atoms with Gasteiger partial charge in [-0.25, -0.2) is 4.39 Å². The van der Waals surface area contributed by atoms with Crippen LogP contribution in [0, 0.1) is 11.3 Å². The Morgan fingerprint density at radius 1 is 1.70 bits per heavy atom. The highest BCUT2D eigenvalue weighted by Gasteiger charge is 1.92. The van der Waals surface area contributed by atoms with Gasteiger partial charge in [-0.2, -0.15) is 5.26 Å². The molecular weight excluding hydrogens is 129 g/mol. The molecule has 0 N–H and O–H groups in total. The predicted molar refractivity (Wildman–Crippen MR) is 38.8 cm³/mol. The van der Waals surface area contributed by atoms with Crippen LogP contribution in [0.4, 0.5) is 4.39 Å². The lowest BCUT2D eigenvalue weighted by Gasteiger charge is -1.84. The van der Waals surface area contributed by atoms with Crippen LogP contribution < -0.4 is 0 Å². The van der Waals surface area contributed by atoms with Gasteiger partial charge >= 0.3 is 0 Å². The number of nitrogens with zero attached hydrogens (tertiary/aromatic N) is 1. The molecule has 10 heavy (non-hydrogen) atoms. The average molecular weight is 137 g/mol. The Hall–Kier alpha value is -1.36. The molecule has 1 nitrogen and oxygen atoms in total. The largest absolute Gasteiger partial charge is 0.206 e. The van der Waals surface area contributed by atoms with Crippen molar-refractivity contribution < 1.29 is 4.39 Å². The minimum absolute atomic E-state index is 0.0816. The van der Waals surface area contributed by atoms with Crippen molar-refractivity contribution in [1.82, 2.24) is 0 Å². The van der Waals surface area contributed by atoms with E-state index < -0.39 is 5.83 Å². The van der Waals surface area contributed by atoms with E-state index in [0.29, 0.717) is 0 Å². The first kappa shape index (κ1) is 8.64. The van der Waals surface area contributed by atoms with Crippen LogP contribution >= 0.6 is 0 Å². The Bertz CT molecular complexity index is 218. The lowest BCUT2D eigenvalue weighted by Crippen LogP contribution is -1.72. The zero-order chi connectivity index (χ0) is 7.98. The van der Waals surface area contributed by atoms with Gasteiger partial charge in [0.2, 0.25) is 0 Å². The van der Waals surface area contributed by atoms with E-state index >= 15 is 0 Å². The van der Waals surface area contributed by atoms with Gasteiger partial charge in [-0.15, -0.1) is 0 Å². The summed E-state index contributed by atoms with van der Waals surface area (Å²) in [4.78, 5) is 0. The Morgan fingerprint density at radius 3 is 2.70 bits per heavy atom. The topological polar surface area (TPSA) is 23.8 Å². The minimum Gasteiger partial charge on any atom is -0.206 e. The molecule has 0 bridgehead atoms. The number of allylic oxidation sites excluding steroid dienone is 5. The highest BCUT2D eigenvalue weighted by Crippen LogP contribution is 2.05. The Morgan fingerprint density at radius 2 is 2.30 bits per heavy atom. The lowest BCUT2D eigenvalue weighted by molar-refractivity contribution is 0.659. The van der Waals surface area contributed by atoms with E-state index in [9.17, 15) is 4.39 Å². The van der Waals surface area contributed by atoms with Crippen molar-refractivity contribution in [2.24, 2.45) is 0 Å². The number of rotatable bonds is 2. The SMILES string of the molecule is C=C/C=C\C(F)=C(/C)C#N. The zero-order valence-electron chi connectivity index (χ0n) is 5.76. The first-order valence-electron chi connectivity index (χ1n) is 2.78. The van der Waals surface area contributed by atoms with Crippen LogP contribution in [0.25, 0.3) is 0 Å². The van der Waals surface area contributed by atoms with Gasteiger partial charge in [0.1, 0.15) is 5.83 Å². The summed E-state index contributed by atoms with van der Waals surface area (Å²) in [6.45, 7) is 4.78. The quantitative estimate of drug-likeness (QED) is 0.423. The van der Waals surface area contributed by atoms with Crippen LogP contribution in [-0.2, 0) is 0 Å². The minimum atomic E-state index is -0.512. The first-order valence-corrected chi connectivity index (χ1v) is 2.78. The second-order valence-electron chi connectivity index (χ2n) is 1.68. The number of hydrogen-bond donors (Lipinski definition) is 0. The van der Waals surface area contributed by atoms with E-state index in [1.54, 1.807) is 6.07 Å². The molecule has 0 unspecified atom stereocenters. The van der Waals surface area contributed by atoms with Gasteiger partial charge in [0.25, 0.3) is 0 Å². The molecule has 0 atom stereocenters. The summed E-state index contributed by atoms with van der Waals surface area (Å²) in [5.74, 6) is -0.512. The van der Waals surface area contributed by atoms with Gasteiger partial charge in [0.05, 0.1) is 11.6 Å². The second-order valence-corrected chi connectivity index (χ2v) is 1.68. The first-order chi connectivity index (χ1) is 4.72. The highest BCUT2D eigenvalue weighted by molar-refractivity contribution is 5.29. The summed E-state index contributed by atoms with van der Waals surface area (Å²) in [6, 6.07) is 1.69. The summed E-state index contributed by atoms with van der Waals surface area (Å²) >= 11 is 0. The molecule has 0 aromatic carbocycles. The summed E-state index contributed by atoms with van der Waals surface area (Å²) in [5.41, 5.74) is 0.0816. The fraction of sp³-hybridized carbons (Fsp3) is 0.125. The van der Waals surface area contributed by atoms with Crippen molar-refractivity contribution in [3.63, 3.8) is 0 Å². The van der Waals surface area contributed by atoms with Crippen molar-refractivity contribution in [2.45, 2.75) is 6.92 Å². The van der Waals surface area contributed by atoms with Gasteiger partial charge < -0.3 is 0 Å². The van der Waals surface area contributed by atoms with E-state index in [0.717, 1.165) is 0 Å². The Kier molecular flexibility index (Phi) is 3.90. The van der Waals surface area contributed by atoms with E-state index in [4.69, 9.17) is 5.26 Å². The molecule has 0 fully saturated rings.